The highest BCUT2D eigenvalue weighted by atomic mass is 19.1. The molecular weight excluding hydrogens is 1210 g/mol. The number of nitrogens with zero attached hydrogens (tertiary/aromatic N) is 2. The zero-order valence-corrected chi connectivity index (χ0v) is 55.5. The molecule has 0 aliphatic heterocycles. The summed E-state index contributed by atoms with van der Waals surface area (Å²) in [6.07, 6.45) is 3.75. The average molecular weight is 1280 g/mol. The Morgan fingerprint density at radius 3 is 1.02 bits per heavy atom. The molecule has 2 unspecified atom stereocenters. The van der Waals surface area contributed by atoms with E-state index in [0.717, 1.165) is 112 Å². The molecule has 0 bridgehead atoms. The summed E-state index contributed by atoms with van der Waals surface area (Å²) in [6, 6.07) is 106. The molecular formula is C94H68F2N2O. The fourth-order valence-electron chi connectivity index (χ4n) is 16.2. The molecule has 0 N–H and O–H groups in total. The lowest BCUT2D eigenvalue weighted by molar-refractivity contribution is 0.627. The highest BCUT2D eigenvalue weighted by molar-refractivity contribution is 6.08. The van der Waals surface area contributed by atoms with Gasteiger partial charge in [0, 0.05) is 57.0 Å². The first-order valence-corrected chi connectivity index (χ1v) is 33.8. The molecule has 99 heavy (non-hydrogen) atoms. The Hall–Kier alpha value is -12.2. The van der Waals surface area contributed by atoms with Crippen molar-refractivity contribution in [1.82, 2.24) is 0 Å². The quantitative estimate of drug-likeness (QED) is 0.108. The predicted molar refractivity (Wildman–Crippen MR) is 408 cm³/mol. The standard InChI is InChI=1S/C94H68F2N2O/c1-7-63-21-25-65(26-22-63)67-29-33-69(34-30-67)93(87-53-59(3)17-19-61(87)5)85-15-11-9-13-79(85)81-49-45-75(55-89(81)93)97(73-41-37-71(95)38-42-73)77-47-51-83-84-52-48-78(58-92(84)99-91(83)57-77)98(74-43-39-72(96)40-44-74)76-46-50-82-80-14-10-12-16-86(80)94(90(82)56-76,88-54-60(4)18-20-62(88)6)70-35-31-68(32-36-70)66-27-23-64(8-2)24-28-66/h7-58H,1-2H2,3-6H3. The van der Waals surface area contributed by atoms with Crippen molar-refractivity contribution in [2.24, 2.45) is 0 Å². The molecule has 2 aliphatic rings. The van der Waals surface area contributed by atoms with Crippen LogP contribution in [-0.2, 0) is 10.8 Å². The van der Waals surface area contributed by atoms with Crippen molar-refractivity contribution >= 4 is 68.2 Å². The minimum absolute atomic E-state index is 0.321. The second-order valence-corrected chi connectivity index (χ2v) is 26.6. The summed E-state index contributed by atoms with van der Waals surface area (Å²) >= 11 is 0. The van der Waals surface area contributed by atoms with E-state index in [9.17, 15) is 0 Å². The van der Waals surface area contributed by atoms with E-state index in [1.54, 1.807) is 0 Å². The Morgan fingerprint density at radius 1 is 0.303 bits per heavy atom. The average Bonchev–Trinajstić information content (AvgIpc) is 1.57. The summed E-state index contributed by atoms with van der Waals surface area (Å²) in [5.41, 5.74) is 30.5. The van der Waals surface area contributed by atoms with Crippen LogP contribution in [0.5, 0.6) is 0 Å². The number of aryl methyl sites for hydroxylation is 4. The summed E-state index contributed by atoms with van der Waals surface area (Å²) < 4.78 is 37.5. The van der Waals surface area contributed by atoms with Crippen molar-refractivity contribution in [2.75, 3.05) is 9.80 Å². The number of halogens is 2. The Balaban J connectivity index is 0.806. The maximum absolute atomic E-state index is 15.2. The molecule has 2 aliphatic carbocycles. The van der Waals surface area contributed by atoms with Crippen molar-refractivity contribution in [1.29, 1.82) is 0 Å². The Kier molecular flexibility index (Phi) is 14.6. The van der Waals surface area contributed by atoms with Crippen molar-refractivity contribution < 1.29 is 13.2 Å². The van der Waals surface area contributed by atoms with E-state index in [-0.39, 0.29) is 11.6 Å². The topological polar surface area (TPSA) is 19.6 Å². The van der Waals surface area contributed by atoms with Crippen LogP contribution in [0.25, 0.3) is 78.6 Å². The van der Waals surface area contributed by atoms with Crippen LogP contribution in [0, 0.1) is 39.3 Å². The van der Waals surface area contributed by atoms with Crippen LogP contribution >= 0.6 is 0 Å². The van der Waals surface area contributed by atoms with Crippen LogP contribution < -0.4 is 9.80 Å². The number of anilines is 6. The van der Waals surface area contributed by atoms with E-state index in [4.69, 9.17) is 4.42 Å². The van der Waals surface area contributed by atoms with Gasteiger partial charge in [0.2, 0.25) is 0 Å². The first-order chi connectivity index (χ1) is 48.4. The molecule has 0 amide bonds. The van der Waals surface area contributed by atoms with Gasteiger partial charge in [-0.05, 0) is 236 Å². The molecule has 15 aromatic rings. The number of benzene rings is 14. The SMILES string of the molecule is C=Cc1ccc(-c2ccc(C3(c4cc(C)ccc4C)c4ccccc4-c4ccc(N(c5ccc(F)cc5)c5ccc6c(c5)oc5cc(N(c7ccc(F)cc7)c7ccc8c(c7)C(c7ccc(-c9ccc(C=C)cc9)cc7)(c7cc(C)ccc7C)c7ccccc7-8)ccc56)cc43)cc2)cc1. The second kappa shape index (κ2) is 23.9. The van der Waals surface area contributed by atoms with Gasteiger partial charge in [-0.3, -0.25) is 0 Å². The number of fused-ring (bicyclic) bond motifs is 9. The maximum atomic E-state index is 15.2. The van der Waals surface area contributed by atoms with Gasteiger partial charge in [-0.25, -0.2) is 8.78 Å². The number of rotatable bonds is 14. The first kappa shape index (κ1) is 60.5. The molecule has 474 valence electrons. The van der Waals surface area contributed by atoms with E-state index in [1.165, 1.54) is 79.9 Å². The molecule has 1 heterocycles. The van der Waals surface area contributed by atoms with E-state index in [2.05, 4.69) is 305 Å². The molecule has 17 rings (SSSR count). The molecule has 1 aromatic heterocycles. The van der Waals surface area contributed by atoms with Gasteiger partial charge < -0.3 is 14.2 Å². The fourth-order valence-corrected chi connectivity index (χ4v) is 16.2. The van der Waals surface area contributed by atoms with E-state index < -0.39 is 10.8 Å². The highest BCUT2D eigenvalue weighted by Gasteiger charge is 2.49. The largest absolute Gasteiger partial charge is 0.456 e. The van der Waals surface area contributed by atoms with Crippen LogP contribution in [0.4, 0.5) is 42.9 Å². The molecule has 14 aromatic carbocycles. The van der Waals surface area contributed by atoms with Gasteiger partial charge in [0.1, 0.15) is 22.8 Å². The Bertz CT molecular complexity index is 5360. The maximum Gasteiger partial charge on any atom is 0.137 e. The number of furan rings is 1. The molecule has 0 fully saturated rings. The van der Waals surface area contributed by atoms with Crippen molar-refractivity contribution in [3.05, 3.63) is 406 Å². The minimum Gasteiger partial charge on any atom is -0.456 e. The molecule has 0 saturated heterocycles. The zero-order valence-electron chi connectivity index (χ0n) is 55.5. The van der Waals surface area contributed by atoms with Gasteiger partial charge in [-0.15, -0.1) is 0 Å². The van der Waals surface area contributed by atoms with Gasteiger partial charge >= 0.3 is 0 Å². The van der Waals surface area contributed by atoms with Gasteiger partial charge in [0.15, 0.2) is 0 Å². The summed E-state index contributed by atoms with van der Waals surface area (Å²) in [6.45, 7) is 16.8. The zero-order chi connectivity index (χ0) is 67.3. The van der Waals surface area contributed by atoms with E-state index in [0.29, 0.717) is 11.2 Å². The van der Waals surface area contributed by atoms with E-state index in [1.807, 2.05) is 36.4 Å². The van der Waals surface area contributed by atoms with Crippen LogP contribution in [0.1, 0.15) is 77.9 Å². The third kappa shape index (κ3) is 9.82. The summed E-state index contributed by atoms with van der Waals surface area (Å²) in [5, 5.41) is 1.89. The van der Waals surface area contributed by atoms with Gasteiger partial charge in [0.05, 0.1) is 10.8 Å². The van der Waals surface area contributed by atoms with Crippen molar-refractivity contribution in [2.45, 2.75) is 38.5 Å². The lowest BCUT2D eigenvalue weighted by Crippen LogP contribution is -2.30. The Morgan fingerprint density at radius 2 is 0.636 bits per heavy atom. The molecule has 3 nitrogen and oxygen atoms in total. The van der Waals surface area contributed by atoms with Gasteiger partial charge in [0.25, 0.3) is 0 Å². The lowest BCUT2D eigenvalue weighted by atomic mass is 9.66. The van der Waals surface area contributed by atoms with Crippen molar-refractivity contribution in [3.63, 3.8) is 0 Å². The lowest BCUT2D eigenvalue weighted by Gasteiger charge is -2.36. The third-order valence-electron chi connectivity index (χ3n) is 20.9. The van der Waals surface area contributed by atoms with Crippen molar-refractivity contribution in [3.8, 4) is 44.5 Å². The van der Waals surface area contributed by atoms with Crippen LogP contribution in [0.3, 0.4) is 0 Å². The summed E-state index contributed by atoms with van der Waals surface area (Å²) in [4.78, 5) is 4.42. The fraction of sp³-hybridized carbons (Fsp3) is 0.0638. The number of hydrogen-bond donors (Lipinski definition) is 0. The third-order valence-corrected chi connectivity index (χ3v) is 20.9. The van der Waals surface area contributed by atoms with Gasteiger partial charge in [-0.1, -0.05) is 231 Å². The molecule has 0 saturated carbocycles. The number of hydrogen-bond acceptors (Lipinski definition) is 3. The Labute approximate surface area is 576 Å². The van der Waals surface area contributed by atoms with Crippen LogP contribution in [0.15, 0.2) is 321 Å². The smallest absolute Gasteiger partial charge is 0.137 e. The first-order valence-electron chi connectivity index (χ1n) is 33.8. The second-order valence-electron chi connectivity index (χ2n) is 26.6. The molecule has 0 radical (unpaired) electrons. The summed E-state index contributed by atoms with van der Waals surface area (Å²) in [7, 11) is 0. The van der Waals surface area contributed by atoms with Crippen LogP contribution in [0.2, 0.25) is 0 Å². The van der Waals surface area contributed by atoms with Gasteiger partial charge in [-0.2, -0.15) is 0 Å². The molecule has 5 heteroatoms. The molecule has 0 spiro atoms. The van der Waals surface area contributed by atoms with Crippen LogP contribution in [-0.4, -0.2) is 0 Å². The molecule has 2 atom stereocenters. The predicted octanol–water partition coefficient (Wildman–Crippen LogP) is 25.4. The summed E-state index contributed by atoms with van der Waals surface area (Å²) in [5.74, 6) is -0.643. The monoisotopic (exact) mass is 1280 g/mol. The highest BCUT2D eigenvalue weighted by Crippen LogP contribution is 2.60. The van der Waals surface area contributed by atoms with E-state index >= 15 is 8.78 Å². The normalized spacial score (nSPS) is 14.9. The minimum atomic E-state index is -0.722.